The van der Waals surface area contributed by atoms with E-state index in [0.717, 1.165) is 19.3 Å². The van der Waals surface area contributed by atoms with E-state index in [1.807, 2.05) is 0 Å². The van der Waals surface area contributed by atoms with Crippen LogP contribution in [0, 0.1) is 0 Å². The summed E-state index contributed by atoms with van der Waals surface area (Å²) >= 11 is 0. The summed E-state index contributed by atoms with van der Waals surface area (Å²) in [6, 6.07) is 0.909. The molecular formula is C15H21FN4O2. The molecule has 2 fully saturated rings. The minimum absolute atomic E-state index is 0.0196. The van der Waals surface area contributed by atoms with Crippen LogP contribution < -0.4 is 0 Å². The summed E-state index contributed by atoms with van der Waals surface area (Å²) in [6.07, 6.45) is 3.56. The predicted molar refractivity (Wildman–Crippen MR) is 78.0 cm³/mol. The third-order valence-electron chi connectivity index (χ3n) is 4.50. The zero-order chi connectivity index (χ0) is 15.7. The van der Waals surface area contributed by atoms with Crippen molar-refractivity contribution in [3.8, 4) is 0 Å². The maximum atomic E-state index is 13.9. The number of piperidine rings is 1. The van der Waals surface area contributed by atoms with Crippen molar-refractivity contribution in [2.24, 2.45) is 7.05 Å². The molecule has 2 aliphatic rings. The maximum Gasteiger partial charge on any atom is 0.272 e. The Labute approximate surface area is 128 Å². The van der Waals surface area contributed by atoms with Crippen molar-refractivity contribution in [2.45, 2.75) is 37.9 Å². The minimum atomic E-state index is -1.14. The largest absolute Gasteiger partial charge is 0.341 e. The highest BCUT2D eigenvalue weighted by Gasteiger charge is 2.42. The molecule has 120 valence electrons. The lowest BCUT2D eigenvalue weighted by Gasteiger charge is -2.32. The van der Waals surface area contributed by atoms with Gasteiger partial charge in [0.05, 0.1) is 6.54 Å². The lowest BCUT2D eigenvalue weighted by atomic mass is 10.1. The van der Waals surface area contributed by atoms with Gasteiger partial charge in [-0.05, 0) is 25.3 Å². The van der Waals surface area contributed by atoms with Gasteiger partial charge in [0.2, 0.25) is 5.91 Å². The molecule has 3 heterocycles. The van der Waals surface area contributed by atoms with Crippen molar-refractivity contribution in [1.29, 1.82) is 0 Å². The fraction of sp³-hybridized carbons (Fsp3) is 0.667. The van der Waals surface area contributed by atoms with Crippen LogP contribution in [0.5, 0.6) is 0 Å². The first-order valence-corrected chi connectivity index (χ1v) is 7.80. The van der Waals surface area contributed by atoms with E-state index >= 15 is 0 Å². The van der Waals surface area contributed by atoms with Crippen LogP contribution >= 0.6 is 0 Å². The van der Waals surface area contributed by atoms with Gasteiger partial charge < -0.3 is 9.80 Å². The molecule has 0 N–H and O–H groups in total. The molecule has 3 rings (SSSR count). The number of aromatic nitrogens is 2. The summed E-state index contributed by atoms with van der Waals surface area (Å²) < 4.78 is 15.3. The summed E-state index contributed by atoms with van der Waals surface area (Å²) in [4.78, 5) is 28.4. The van der Waals surface area contributed by atoms with Gasteiger partial charge in [-0.1, -0.05) is 0 Å². The zero-order valence-electron chi connectivity index (χ0n) is 12.7. The Balaban J connectivity index is 1.78. The average molecular weight is 308 g/mol. The molecule has 0 unspecified atom stereocenters. The Morgan fingerprint density at radius 1 is 1.27 bits per heavy atom. The molecule has 0 saturated carbocycles. The fourth-order valence-electron chi connectivity index (χ4n) is 3.30. The molecule has 2 amide bonds. The molecule has 2 saturated heterocycles. The van der Waals surface area contributed by atoms with Crippen LogP contribution in [0.25, 0.3) is 0 Å². The van der Waals surface area contributed by atoms with Crippen molar-refractivity contribution in [2.75, 3.05) is 19.6 Å². The summed E-state index contributed by atoms with van der Waals surface area (Å²) in [6.45, 7) is 1.40. The third kappa shape index (κ3) is 2.71. The number of halogens is 1. The second kappa shape index (κ2) is 6.06. The molecule has 0 aromatic carbocycles. The molecule has 7 heteroatoms. The van der Waals surface area contributed by atoms with Crippen molar-refractivity contribution in [3.63, 3.8) is 0 Å². The van der Waals surface area contributed by atoms with Gasteiger partial charge in [0.1, 0.15) is 17.9 Å². The van der Waals surface area contributed by atoms with Gasteiger partial charge >= 0.3 is 0 Å². The van der Waals surface area contributed by atoms with Crippen LogP contribution in [-0.2, 0) is 11.8 Å². The highest BCUT2D eigenvalue weighted by Crippen LogP contribution is 2.25. The van der Waals surface area contributed by atoms with Crippen LogP contribution in [0.3, 0.4) is 0 Å². The molecule has 0 aliphatic carbocycles. The van der Waals surface area contributed by atoms with E-state index in [4.69, 9.17) is 0 Å². The number of amides is 2. The van der Waals surface area contributed by atoms with E-state index in [1.165, 1.54) is 15.8 Å². The van der Waals surface area contributed by atoms with Gasteiger partial charge in [0.25, 0.3) is 5.91 Å². The summed E-state index contributed by atoms with van der Waals surface area (Å²) in [7, 11) is 1.66. The second-order valence-corrected chi connectivity index (χ2v) is 6.03. The first-order chi connectivity index (χ1) is 10.6. The number of rotatable bonds is 2. The van der Waals surface area contributed by atoms with Gasteiger partial charge in [-0.15, -0.1) is 0 Å². The smallest absolute Gasteiger partial charge is 0.272 e. The molecule has 0 bridgehead atoms. The molecule has 0 radical (unpaired) electrons. The van der Waals surface area contributed by atoms with Crippen molar-refractivity contribution in [3.05, 3.63) is 18.0 Å². The second-order valence-electron chi connectivity index (χ2n) is 6.03. The normalized spacial score (nSPS) is 25.5. The van der Waals surface area contributed by atoms with Crippen LogP contribution in [0.4, 0.5) is 4.39 Å². The van der Waals surface area contributed by atoms with E-state index < -0.39 is 12.2 Å². The molecule has 2 atom stereocenters. The minimum Gasteiger partial charge on any atom is -0.341 e. The highest BCUT2D eigenvalue weighted by molar-refractivity contribution is 5.96. The third-order valence-corrected chi connectivity index (χ3v) is 4.50. The zero-order valence-corrected chi connectivity index (χ0v) is 12.7. The first kappa shape index (κ1) is 15.0. The standard InChI is InChI=1S/C15H21FN4O2/c1-18-12(5-6-17-18)15(22)20-10-11(16)9-13(20)14(21)19-7-3-2-4-8-19/h5-6,11,13H,2-4,7-10H2,1H3/t11-,13-/m0/s1. The Hall–Kier alpha value is -1.92. The lowest BCUT2D eigenvalue weighted by Crippen LogP contribution is -2.49. The van der Waals surface area contributed by atoms with Crippen molar-refractivity contribution < 1.29 is 14.0 Å². The number of alkyl halides is 1. The van der Waals surface area contributed by atoms with Crippen molar-refractivity contribution >= 4 is 11.8 Å². The predicted octanol–water partition coefficient (Wildman–Crippen LogP) is 0.985. The number of carbonyl (C=O) groups is 2. The number of aryl methyl sites for hydroxylation is 1. The average Bonchev–Trinajstić information content (AvgIpc) is 3.12. The van der Waals surface area contributed by atoms with Crippen LogP contribution in [0.15, 0.2) is 12.3 Å². The Kier molecular flexibility index (Phi) is 4.13. The number of hydrogen-bond acceptors (Lipinski definition) is 3. The molecule has 22 heavy (non-hydrogen) atoms. The van der Waals surface area contributed by atoms with Gasteiger partial charge in [0.15, 0.2) is 0 Å². The lowest BCUT2D eigenvalue weighted by molar-refractivity contribution is -0.136. The van der Waals surface area contributed by atoms with E-state index in [-0.39, 0.29) is 24.8 Å². The number of likely N-dealkylation sites (tertiary alicyclic amines) is 2. The van der Waals surface area contributed by atoms with E-state index in [1.54, 1.807) is 18.0 Å². The molecule has 6 nitrogen and oxygen atoms in total. The molecule has 2 aliphatic heterocycles. The quantitative estimate of drug-likeness (QED) is 0.818. The summed E-state index contributed by atoms with van der Waals surface area (Å²) in [5, 5.41) is 3.97. The SMILES string of the molecule is Cn1nccc1C(=O)N1C[C@@H](F)C[C@H]1C(=O)N1CCCCC1. The fourth-order valence-corrected chi connectivity index (χ4v) is 3.30. The monoisotopic (exact) mass is 308 g/mol. The Morgan fingerprint density at radius 3 is 2.64 bits per heavy atom. The summed E-state index contributed by atoms with van der Waals surface area (Å²) in [5.41, 5.74) is 0.380. The van der Waals surface area contributed by atoms with Gasteiger partial charge in [-0.2, -0.15) is 5.10 Å². The maximum absolute atomic E-state index is 13.9. The Morgan fingerprint density at radius 2 is 2.00 bits per heavy atom. The summed E-state index contributed by atoms with van der Waals surface area (Å²) in [5.74, 6) is -0.439. The van der Waals surface area contributed by atoms with E-state index in [0.29, 0.717) is 18.8 Å². The first-order valence-electron chi connectivity index (χ1n) is 7.80. The van der Waals surface area contributed by atoms with Gasteiger partial charge in [-0.25, -0.2) is 4.39 Å². The van der Waals surface area contributed by atoms with Crippen LogP contribution in [-0.4, -0.2) is 63.2 Å². The van der Waals surface area contributed by atoms with Crippen LogP contribution in [0.2, 0.25) is 0 Å². The van der Waals surface area contributed by atoms with Gasteiger partial charge in [0, 0.05) is 32.8 Å². The molecule has 1 aromatic rings. The van der Waals surface area contributed by atoms with Crippen molar-refractivity contribution in [1.82, 2.24) is 19.6 Å². The molecule has 1 aromatic heterocycles. The number of nitrogens with zero attached hydrogens (tertiary/aromatic N) is 4. The van der Waals surface area contributed by atoms with E-state index in [2.05, 4.69) is 5.10 Å². The molecule has 0 spiro atoms. The highest BCUT2D eigenvalue weighted by atomic mass is 19.1. The van der Waals surface area contributed by atoms with E-state index in [9.17, 15) is 14.0 Å². The number of carbonyl (C=O) groups excluding carboxylic acids is 2. The van der Waals surface area contributed by atoms with Gasteiger partial charge in [-0.3, -0.25) is 14.3 Å². The molecular weight excluding hydrogens is 287 g/mol. The topological polar surface area (TPSA) is 58.4 Å². The van der Waals surface area contributed by atoms with Crippen LogP contribution in [0.1, 0.15) is 36.2 Å². The number of hydrogen-bond donors (Lipinski definition) is 0. The Bertz CT molecular complexity index is 568.